The lowest BCUT2D eigenvalue weighted by molar-refractivity contribution is -0.139. The summed E-state index contributed by atoms with van der Waals surface area (Å²) in [5.74, 6) is -1.58. The predicted octanol–water partition coefficient (Wildman–Crippen LogP) is 2.61. The van der Waals surface area contributed by atoms with Gasteiger partial charge in [0.2, 0.25) is 0 Å². The van der Waals surface area contributed by atoms with Crippen molar-refractivity contribution in [3.05, 3.63) is 58.1 Å². The van der Waals surface area contributed by atoms with Gasteiger partial charge in [-0.2, -0.15) is 5.10 Å². The van der Waals surface area contributed by atoms with Gasteiger partial charge in [0.25, 0.3) is 5.91 Å². The van der Waals surface area contributed by atoms with Crippen molar-refractivity contribution >= 4 is 52.8 Å². The summed E-state index contributed by atoms with van der Waals surface area (Å²) in [6.07, 6.45) is 1.97. The third kappa shape index (κ3) is 8.93. The highest BCUT2D eigenvalue weighted by molar-refractivity contribution is 6.36. The zero-order valence-corrected chi connectivity index (χ0v) is 18.7. The summed E-state index contributed by atoms with van der Waals surface area (Å²) in [6.45, 7) is 0.596. The normalized spacial score (nSPS) is 10.6. The lowest BCUT2D eigenvalue weighted by atomic mass is 10.2. The molecule has 170 valence electrons. The Morgan fingerprint density at radius 3 is 2.50 bits per heavy atom. The van der Waals surface area contributed by atoms with Gasteiger partial charge in [0.05, 0.1) is 16.9 Å². The van der Waals surface area contributed by atoms with Crippen LogP contribution >= 0.6 is 23.2 Å². The smallest absolute Gasteiger partial charge is 0.329 e. The third-order valence-electron chi connectivity index (χ3n) is 3.85. The van der Waals surface area contributed by atoms with Gasteiger partial charge in [-0.25, -0.2) is 5.43 Å². The molecule has 0 aliphatic heterocycles. The van der Waals surface area contributed by atoms with E-state index in [0.717, 1.165) is 0 Å². The summed E-state index contributed by atoms with van der Waals surface area (Å²) in [5, 5.41) is 9.61. The molecule has 0 aliphatic rings. The Hall–Kier alpha value is -3.14. The Labute approximate surface area is 195 Å². The largest absolute Gasteiger partial charge is 0.484 e. The Bertz CT molecular complexity index is 967. The van der Waals surface area contributed by atoms with Gasteiger partial charge in [0, 0.05) is 25.3 Å². The quantitative estimate of drug-likeness (QED) is 0.209. The van der Waals surface area contributed by atoms with Crippen LogP contribution in [0, 0.1) is 0 Å². The molecule has 2 rings (SSSR count). The Morgan fingerprint density at radius 2 is 1.81 bits per heavy atom. The van der Waals surface area contributed by atoms with E-state index < -0.39 is 11.8 Å². The number of nitrogens with zero attached hydrogens (tertiary/aromatic N) is 1. The van der Waals surface area contributed by atoms with E-state index in [-0.39, 0.29) is 12.5 Å². The molecule has 0 saturated heterocycles. The second kappa shape index (κ2) is 13.3. The number of hydrogen-bond donors (Lipinski definition) is 3. The van der Waals surface area contributed by atoms with Crippen LogP contribution in [0.5, 0.6) is 5.75 Å². The second-order valence-corrected chi connectivity index (χ2v) is 7.18. The van der Waals surface area contributed by atoms with Crippen molar-refractivity contribution < 1.29 is 23.9 Å². The minimum absolute atomic E-state index is 0.220. The monoisotopic (exact) mass is 480 g/mol. The zero-order chi connectivity index (χ0) is 23.3. The molecule has 0 aromatic heterocycles. The van der Waals surface area contributed by atoms with Crippen molar-refractivity contribution in [2.24, 2.45) is 5.10 Å². The summed E-state index contributed by atoms with van der Waals surface area (Å²) in [7, 11) is 1.55. The maximum atomic E-state index is 12.0. The zero-order valence-electron chi connectivity index (χ0n) is 17.2. The van der Waals surface area contributed by atoms with Gasteiger partial charge in [-0.1, -0.05) is 23.2 Å². The van der Waals surface area contributed by atoms with Crippen LogP contribution in [0.15, 0.2) is 47.6 Å². The molecule has 0 aliphatic carbocycles. The highest BCUT2D eigenvalue weighted by Crippen LogP contribution is 2.25. The number of carbonyl (C=O) groups excluding carboxylic acids is 3. The molecule has 2 aromatic rings. The lowest BCUT2D eigenvalue weighted by Gasteiger charge is -2.09. The van der Waals surface area contributed by atoms with Crippen LogP contribution in [0.1, 0.15) is 12.0 Å². The maximum absolute atomic E-state index is 12.0. The second-order valence-electron chi connectivity index (χ2n) is 6.33. The first-order chi connectivity index (χ1) is 15.4. The number of hydrazone groups is 1. The minimum Gasteiger partial charge on any atom is -0.484 e. The van der Waals surface area contributed by atoms with Crippen LogP contribution in [-0.2, 0) is 19.1 Å². The molecule has 3 N–H and O–H groups in total. The fourth-order valence-corrected chi connectivity index (χ4v) is 2.75. The molecule has 0 heterocycles. The van der Waals surface area contributed by atoms with Gasteiger partial charge in [-0.05, 0) is 54.4 Å². The van der Waals surface area contributed by atoms with Gasteiger partial charge in [0.1, 0.15) is 5.75 Å². The highest BCUT2D eigenvalue weighted by atomic mass is 35.5. The Morgan fingerprint density at radius 1 is 1.06 bits per heavy atom. The molecule has 0 bridgehead atoms. The Balaban J connectivity index is 1.74. The number of rotatable bonds is 10. The molecule has 0 fully saturated rings. The number of nitrogens with one attached hydrogen (secondary N) is 3. The summed E-state index contributed by atoms with van der Waals surface area (Å²) >= 11 is 11.8. The van der Waals surface area contributed by atoms with Crippen molar-refractivity contribution in [3.63, 3.8) is 0 Å². The summed E-state index contributed by atoms with van der Waals surface area (Å²) in [4.78, 5) is 35.2. The van der Waals surface area contributed by atoms with E-state index in [0.29, 0.717) is 46.6 Å². The highest BCUT2D eigenvalue weighted by Gasteiger charge is 2.11. The molecular weight excluding hydrogens is 459 g/mol. The lowest BCUT2D eigenvalue weighted by Crippen LogP contribution is -2.38. The van der Waals surface area contributed by atoms with Crippen molar-refractivity contribution in [3.8, 4) is 5.75 Å². The van der Waals surface area contributed by atoms with Crippen molar-refractivity contribution in [2.75, 3.05) is 32.2 Å². The number of methoxy groups -OCH3 is 1. The molecule has 0 atom stereocenters. The number of amides is 3. The van der Waals surface area contributed by atoms with E-state index >= 15 is 0 Å². The SMILES string of the molecule is COCCCNC(=O)C(=O)N/N=C\c1ccc(OCC(=O)Nc2ccc(Cl)cc2Cl)cc1. The van der Waals surface area contributed by atoms with E-state index in [1.54, 1.807) is 43.5 Å². The number of benzene rings is 2. The summed E-state index contributed by atoms with van der Waals surface area (Å²) < 4.78 is 10.3. The topological polar surface area (TPSA) is 118 Å². The van der Waals surface area contributed by atoms with Crippen molar-refractivity contribution in [1.82, 2.24) is 10.7 Å². The molecule has 0 spiro atoms. The molecule has 11 heteroatoms. The minimum atomic E-state index is -0.870. The first kappa shape index (κ1) is 25.1. The van der Waals surface area contributed by atoms with Crippen LogP contribution in [-0.4, -0.2) is 50.8 Å². The standard InChI is InChI=1S/C21H22Cl2N4O5/c1-31-10-2-9-24-20(29)21(30)27-25-12-14-3-6-16(7-4-14)32-13-19(28)26-18-8-5-15(22)11-17(18)23/h3-8,11-12H,2,9-10,13H2,1H3,(H,24,29)(H,26,28)(H,27,30)/b25-12-. The number of carbonyl (C=O) groups is 3. The van der Waals surface area contributed by atoms with E-state index in [9.17, 15) is 14.4 Å². The maximum Gasteiger partial charge on any atom is 0.329 e. The van der Waals surface area contributed by atoms with Gasteiger partial charge < -0.3 is 20.1 Å². The molecule has 0 saturated carbocycles. The Kier molecular flexibility index (Phi) is 10.5. The van der Waals surface area contributed by atoms with Gasteiger partial charge in [0.15, 0.2) is 6.61 Å². The predicted molar refractivity (Wildman–Crippen MR) is 122 cm³/mol. The van der Waals surface area contributed by atoms with E-state index in [1.807, 2.05) is 0 Å². The number of anilines is 1. The van der Waals surface area contributed by atoms with Gasteiger partial charge in [-0.15, -0.1) is 0 Å². The molecule has 2 aromatic carbocycles. The fourth-order valence-electron chi connectivity index (χ4n) is 2.29. The number of hydrogen-bond acceptors (Lipinski definition) is 6. The molecule has 0 unspecified atom stereocenters. The van der Waals surface area contributed by atoms with Gasteiger partial charge in [-0.3, -0.25) is 14.4 Å². The number of halogens is 2. The summed E-state index contributed by atoms with van der Waals surface area (Å²) in [6, 6.07) is 11.3. The average Bonchev–Trinajstić information content (AvgIpc) is 2.78. The van der Waals surface area contributed by atoms with E-state index in [2.05, 4.69) is 21.2 Å². The van der Waals surface area contributed by atoms with Crippen LogP contribution in [0.4, 0.5) is 5.69 Å². The van der Waals surface area contributed by atoms with E-state index in [1.165, 1.54) is 12.3 Å². The fraction of sp³-hybridized carbons (Fsp3) is 0.238. The molecule has 0 radical (unpaired) electrons. The molecule has 3 amide bonds. The first-order valence-corrected chi connectivity index (χ1v) is 10.2. The number of ether oxygens (including phenoxy) is 2. The average molecular weight is 481 g/mol. The molecular formula is C21H22Cl2N4O5. The van der Waals surface area contributed by atoms with Crippen LogP contribution in [0.25, 0.3) is 0 Å². The van der Waals surface area contributed by atoms with Crippen molar-refractivity contribution in [2.45, 2.75) is 6.42 Å². The van der Waals surface area contributed by atoms with Crippen LogP contribution < -0.4 is 20.8 Å². The molecule has 32 heavy (non-hydrogen) atoms. The summed E-state index contributed by atoms with van der Waals surface area (Å²) in [5.41, 5.74) is 3.22. The first-order valence-electron chi connectivity index (χ1n) is 9.47. The van der Waals surface area contributed by atoms with Crippen molar-refractivity contribution in [1.29, 1.82) is 0 Å². The van der Waals surface area contributed by atoms with Crippen LogP contribution in [0.3, 0.4) is 0 Å². The third-order valence-corrected chi connectivity index (χ3v) is 4.40. The van der Waals surface area contributed by atoms with Crippen LogP contribution in [0.2, 0.25) is 10.0 Å². The van der Waals surface area contributed by atoms with E-state index in [4.69, 9.17) is 32.7 Å². The molecule has 9 nitrogen and oxygen atoms in total. The van der Waals surface area contributed by atoms with Gasteiger partial charge >= 0.3 is 11.8 Å².